The smallest absolute Gasteiger partial charge is 0.407 e. The van der Waals surface area contributed by atoms with Gasteiger partial charge in [0.15, 0.2) is 0 Å². The minimum absolute atomic E-state index is 0.556. The van der Waals surface area contributed by atoms with Crippen LogP contribution in [0.15, 0.2) is 24.3 Å². The fourth-order valence-electron chi connectivity index (χ4n) is 2.21. The van der Waals surface area contributed by atoms with Gasteiger partial charge in [0, 0.05) is 39.3 Å². The fourth-order valence-corrected chi connectivity index (χ4v) is 2.21. The quantitative estimate of drug-likeness (QED) is 0.836. The molecule has 98 valence electrons. The van der Waals surface area contributed by atoms with Crippen LogP contribution in [0.4, 0.5) is 4.79 Å². The van der Waals surface area contributed by atoms with Crippen LogP contribution >= 0.6 is 0 Å². The van der Waals surface area contributed by atoms with Gasteiger partial charge in [-0.15, -0.1) is 0 Å². The topological polar surface area (TPSA) is 69.8 Å². The van der Waals surface area contributed by atoms with Gasteiger partial charge in [0.2, 0.25) is 0 Å². The number of carboxylic acid groups (broad SMARTS) is 1. The molecule has 1 aromatic rings. The number of piperazine rings is 1. The molecule has 5 heteroatoms. The molecule has 0 aliphatic carbocycles. The zero-order valence-corrected chi connectivity index (χ0v) is 10.4. The van der Waals surface area contributed by atoms with Crippen LogP contribution in [0.5, 0.6) is 0 Å². The van der Waals surface area contributed by atoms with E-state index in [1.54, 1.807) is 0 Å². The van der Waals surface area contributed by atoms with Gasteiger partial charge in [0.25, 0.3) is 0 Å². The summed E-state index contributed by atoms with van der Waals surface area (Å²) in [5.41, 5.74) is 7.99. The predicted octanol–water partition coefficient (Wildman–Crippen LogP) is 0.941. The second kappa shape index (κ2) is 5.84. The van der Waals surface area contributed by atoms with Gasteiger partial charge in [-0.1, -0.05) is 24.3 Å². The van der Waals surface area contributed by atoms with E-state index >= 15 is 0 Å². The molecule has 1 heterocycles. The molecule has 0 saturated carbocycles. The standard InChI is InChI=1S/C13H19N3O2/c14-9-11-2-1-3-12(8-11)10-15-4-6-16(7-5-15)13(17)18/h1-3,8H,4-7,9-10,14H2,(H,17,18). The molecule has 1 amide bonds. The lowest BCUT2D eigenvalue weighted by atomic mass is 10.1. The molecule has 0 atom stereocenters. The van der Waals surface area contributed by atoms with E-state index in [2.05, 4.69) is 17.0 Å². The van der Waals surface area contributed by atoms with Crippen LogP contribution in [-0.4, -0.2) is 47.2 Å². The number of amides is 1. The van der Waals surface area contributed by atoms with Crippen molar-refractivity contribution < 1.29 is 9.90 Å². The first-order valence-electron chi connectivity index (χ1n) is 6.17. The zero-order valence-electron chi connectivity index (χ0n) is 10.4. The van der Waals surface area contributed by atoms with Crippen molar-refractivity contribution in [3.63, 3.8) is 0 Å². The van der Waals surface area contributed by atoms with Crippen molar-refractivity contribution in [2.45, 2.75) is 13.1 Å². The van der Waals surface area contributed by atoms with Crippen LogP contribution in [0.2, 0.25) is 0 Å². The molecule has 0 radical (unpaired) electrons. The Hall–Kier alpha value is -1.59. The van der Waals surface area contributed by atoms with Crippen molar-refractivity contribution in [1.82, 2.24) is 9.80 Å². The summed E-state index contributed by atoms with van der Waals surface area (Å²) in [7, 11) is 0. The average molecular weight is 249 g/mol. The molecule has 1 aromatic carbocycles. The first kappa shape index (κ1) is 12.9. The van der Waals surface area contributed by atoms with Gasteiger partial charge in [-0.25, -0.2) is 4.79 Å². The third-order valence-electron chi connectivity index (χ3n) is 3.28. The number of hydrogen-bond donors (Lipinski definition) is 2. The van der Waals surface area contributed by atoms with E-state index in [1.165, 1.54) is 10.5 Å². The maximum absolute atomic E-state index is 10.8. The third-order valence-corrected chi connectivity index (χ3v) is 3.28. The second-order valence-corrected chi connectivity index (χ2v) is 4.57. The minimum Gasteiger partial charge on any atom is -0.465 e. The lowest BCUT2D eigenvalue weighted by Gasteiger charge is -2.33. The van der Waals surface area contributed by atoms with Crippen molar-refractivity contribution in [3.8, 4) is 0 Å². The van der Waals surface area contributed by atoms with Crippen LogP contribution < -0.4 is 5.73 Å². The van der Waals surface area contributed by atoms with Gasteiger partial charge in [0.1, 0.15) is 0 Å². The van der Waals surface area contributed by atoms with Crippen molar-refractivity contribution in [2.75, 3.05) is 26.2 Å². The lowest BCUT2D eigenvalue weighted by Crippen LogP contribution is -2.47. The Balaban J connectivity index is 1.89. The Kier molecular flexibility index (Phi) is 4.17. The van der Waals surface area contributed by atoms with Crippen molar-refractivity contribution in [3.05, 3.63) is 35.4 Å². The number of carbonyl (C=O) groups is 1. The predicted molar refractivity (Wildman–Crippen MR) is 69.2 cm³/mol. The van der Waals surface area contributed by atoms with Crippen molar-refractivity contribution in [1.29, 1.82) is 0 Å². The highest BCUT2D eigenvalue weighted by molar-refractivity contribution is 5.65. The number of nitrogens with zero attached hydrogens (tertiary/aromatic N) is 2. The molecule has 1 aliphatic heterocycles. The molecule has 3 N–H and O–H groups in total. The third kappa shape index (κ3) is 3.21. The highest BCUT2D eigenvalue weighted by Crippen LogP contribution is 2.10. The highest BCUT2D eigenvalue weighted by Gasteiger charge is 2.20. The normalized spacial score (nSPS) is 16.8. The van der Waals surface area contributed by atoms with Gasteiger partial charge >= 0.3 is 6.09 Å². The molecular formula is C13H19N3O2. The summed E-state index contributed by atoms with van der Waals surface area (Å²) in [6.07, 6.45) is -0.820. The summed E-state index contributed by atoms with van der Waals surface area (Å²) in [6, 6.07) is 8.24. The molecule has 2 rings (SSSR count). The molecule has 0 bridgehead atoms. The van der Waals surface area contributed by atoms with Gasteiger partial charge in [0.05, 0.1) is 0 Å². The van der Waals surface area contributed by atoms with Crippen molar-refractivity contribution in [2.24, 2.45) is 5.73 Å². The summed E-state index contributed by atoms with van der Waals surface area (Å²) in [6.45, 7) is 4.18. The van der Waals surface area contributed by atoms with Crippen LogP contribution in [0.25, 0.3) is 0 Å². The zero-order chi connectivity index (χ0) is 13.0. The highest BCUT2D eigenvalue weighted by atomic mass is 16.4. The Labute approximate surface area is 107 Å². The van der Waals surface area contributed by atoms with Crippen molar-refractivity contribution >= 4 is 6.09 Å². The Morgan fingerprint density at radius 2 is 1.89 bits per heavy atom. The first-order valence-corrected chi connectivity index (χ1v) is 6.17. The number of rotatable bonds is 3. The van der Waals surface area contributed by atoms with E-state index in [4.69, 9.17) is 10.8 Å². The van der Waals surface area contributed by atoms with E-state index in [0.717, 1.165) is 25.2 Å². The fraction of sp³-hybridized carbons (Fsp3) is 0.462. The summed E-state index contributed by atoms with van der Waals surface area (Å²) in [5, 5.41) is 8.88. The summed E-state index contributed by atoms with van der Waals surface area (Å²) in [5.74, 6) is 0. The summed E-state index contributed by atoms with van der Waals surface area (Å²) in [4.78, 5) is 14.5. The Morgan fingerprint density at radius 3 is 2.50 bits per heavy atom. The minimum atomic E-state index is -0.820. The molecule has 0 aromatic heterocycles. The first-order chi connectivity index (χ1) is 8.69. The largest absolute Gasteiger partial charge is 0.465 e. The molecule has 18 heavy (non-hydrogen) atoms. The monoisotopic (exact) mass is 249 g/mol. The molecular weight excluding hydrogens is 230 g/mol. The number of nitrogens with two attached hydrogens (primary N) is 1. The molecule has 0 spiro atoms. The van der Waals surface area contributed by atoms with E-state index < -0.39 is 6.09 Å². The second-order valence-electron chi connectivity index (χ2n) is 4.57. The number of hydrogen-bond acceptors (Lipinski definition) is 3. The molecule has 1 aliphatic rings. The Morgan fingerprint density at radius 1 is 1.22 bits per heavy atom. The number of benzene rings is 1. The van der Waals surface area contributed by atoms with Gasteiger partial charge in [-0.3, -0.25) is 4.90 Å². The Bertz CT molecular complexity index is 414. The maximum Gasteiger partial charge on any atom is 0.407 e. The van der Waals surface area contributed by atoms with E-state index in [1.807, 2.05) is 12.1 Å². The molecule has 1 saturated heterocycles. The van der Waals surface area contributed by atoms with Gasteiger partial charge in [-0.05, 0) is 11.1 Å². The van der Waals surface area contributed by atoms with Crippen LogP contribution in [0.3, 0.4) is 0 Å². The van der Waals surface area contributed by atoms with Crippen LogP contribution in [-0.2, 0) is 13.1 Å². The summed E-state index contributed by atoms with van der Waals surface area (Å²) >= 11 is 0. The maximum atomic E-state index is 10.8. The molecule has 5 nitrogen and oxygen atoms in total. The average Bonchev–Trinajstić information content (AvgIpc) is 2.39. The van der Waals surface area contributed by atoms with E-state index in [-0.39, 0.29) is 0 Å². The lowest BCUT2D eigenvalue weighted by molar-refractivity contribution is 0.103. The SMILES string of the molecule is NCc1cccc(CN2CCN(C(=O)O)CC2)c1. The molecule has 0 unspecified atom stereocenters. The van der Waals surface area contributed by atoms with E-state index in [0.29, 0.717) is 19.6 Å². The van der Waals surface area contributed by atoms with Crippen LogP contribution in [0.1, 0.15) is 11.1 Å². The molecule has 1 fully saturated rings. The van der Waals surface area contributed by atoms with Gasteiger partial charge < -0.3 is 15.7 Å². The van der Waals surface area contributed by atoms with E-state index in [9.17, 15) is 4.79 Å². The summed E-state index contributed by atoms with van der Waals surface area (Å²) < 4.78 is 0. The van der Waals surface area contributed by atoms with Gasteiger partial charge in [-0.2, -0.15) is 0 Å². The van der Waals surface area contributed by atoms with Crippen LogP contribution in [0, 0.1) is 0 Å².